The lowest BCUT2D eigenvalue weighted by Crippen LogP contribution is -2.30. The molecule has 0 amide bonds. The first kappa shape index (κ1) is 14.5. The number of para-hydroxylation sites is 1. The van der Waals surface area contributed by atoms with Gasteiger partial charge in [0, 0.05) is 0 Å². The second-order valence-corrected chi connectivity index (χ2v) is 6.25. The third kappa shape index (κ3) is 3.33. The molecule has 0 N–H and O–H groups in total. The summed E-state index contributed by atoms with van der Waals surface area (Å²) in [5.74, 6) is -1.04. The Morgan fingerprint density at radius 1 is 1.00 bits per heavy atom. The Bertz CT molecular complexity index is 699. The molecule has 0 aromatic heterocycles. The molecular weight excluding hydrogens is 284 g/mol. The Labute approximate surface area is 116 Å². The van der Waals surface area contributed by atoms with Crippen LogP contribution in [0, 0.1) is 11.6 Å². The molecule has 0 spiro atoms. The van der Waals surface area contributed by atoms with E-state index in [4.69, 9.17) is 0 Å². The average Bonchev–Trinajstić information content (AvgIpc) is 2.38. The van der Waals surface area contributed by atoms with Crippen molar-refractivity contribution in [3.63, 3.8) is 0 Å². The Morgan fingerprint density at radius 3 is 2.15 bits per heavy atom. The predicted molar refractivity (Wildman–Crippen MR) is 73.8 cm³/mol. The zero-order valence-corrected chi connectivity index (χ0v) is 11.6. The summed E-state index contributed by atoms with van der Waals surface area (Å²) in [6.45, 7) is -0.0555. The zero-order chi connectivity index (χ0) is 14.8. The molecule has 0 aliphatic carbocycles. The third-order valence-electron chi connectivity index (χ3n) is 2.76. The van der Waals surface area contributed by atoms with Crippen LogP contribution < -0.4 is 4.31 Å². The van der Waals surface area contributed by atoms with Crippen molar-refractivity contribution in [2.24, 2.45) is 0 Å². The van der Waals surface area contributed by atoms with Gasteiger partial charge < -0.3 is 0 Å². The van der Waals surface area contributed by atoms with Crippen molar-refractivity contribution in [2.75, 3.05) is 10.6 Å². The maximum atomic E-state index is 13.8. The van der Waals surface area contributed by atoms with Crippen LogP contribution in [0.15, 0.2) is 48.5 Å². The number of benzene rings is 2. The van der Waals surface area contributed by atoms with Crippen molar-refractivity contribution in [3.8, 4) is 0 Å². The summed E-state index contributed by atoms with van der Waals surface area (Å²) < 4.78 is 51.3. The summed E-state index contributed by atoms with van der Waals surface area (Å²) in [5.41, 5.74) is 0.541. The largest absolute Gasteiger partial charge is 0.263 e. The van der Waals surface area contributed by atoms with Crippen molar-refractivity contribution in [3.05, 3.63) is 65.7 Å². The normalized spacial score (nSPS) is 11.3. The maximum Gasteiger partial charge on any atom is 0.232 e. The molecule has 106 valence electrons. The van der Waals surface area contributed by atoms with Gasteiger partial charge in [0.1, 0.15) is 11.6 Å². The van der Waals surface area contributed by atoms with Crippen molar-refractivity contribution in [1.29, 1.82) is 0 Å². The first-order valence-corrected chi connectivity index (χ1v) is 7.69. The van der Waals surface area contributed by atoms with Gasteiger partial charge in [0.05, 0.1) is 18.5 Å². The Morgan fingerprint density at radius 2 is 1.60 bits per heavy atom. The van der Waals surface area contributed by atoms with Gasteiger partial charge in [-0.15, -0.1) is 0 Å². The van der Waals surface area contributed by atoms with Crippen LogP contribution in [0.25, 0.3) is 0 Å². The van der Waals surface area contributed by atoms with Gasteiger partial charge in [-0.1, -0.05) is 24.3 Å². The minimum atomic E-state index is -3.65. The van der Waals surface area contributed by atoms with Crippen molar-refractivity contribution >= 4 is 15.7 Å². The zero-order valence-electron chi connectivity index (χ0n) is 10.8. The number of hydrogen-bond acceptors (Lipinski definition) is 2. The standard InChI is InChI=1S/C14H13F2NO2S/c1-20(18,19)17(14-5-3-2-4-13(14)16)10-11-6-8-12(15)9-7-11/h2-9H,10H2,1H3. The topological polar surface area (TPSA) is 37.4 Å². The molecule has 3 nitrogen and oxygen atoms in total. The van der Waals surface area contributed by atoms with Gasteiger partial charge in [0.25, 0.3) is 0 Å². The van der Waals surface area contributed by atoms with Gasteiger partial charge in [-0.2, -0.15) is 0 Å². The van der Waals surface area contributed by atoms with Crippen LogP contribution in [-0.2, 0) is 16.6 Å². The molecule has 0 aliphatic rings. The number of nitrogens with zero attached hydrogens (tertiary/aromatic N) is 1. The van der Waals surface area contributed by atoms with E-state index in [2.05, 4.69) is 0 Å². The van der Waals surface area contributed by atoms with E-state index in [1.54, 1.807) is 6.07 Å². The van der Waals surface area contributed by atoms with E-state index >= 15 is 0 Å². The molecule has 0 heterocycles. The summed E-state index contributed by atoms with van der Waals surface area (Å²) in [5, 5.41) is 0. The molecule has 0 atom stereocenters. The van der Waals surface area contributed by atoms with Crippen LogP contribution in [0.5, 0.6) is 0 Å². The highest BCUT2D eigenvalue weighted by Crippen LogP contribution is 2.23. The fourth-order valence-electron chi connectivity index (χ4n) is 1.79. The van der Waals surface area contributed by atoms with Gasteiger partial charge in [-0.05, 0) is 29.8 Å². The van der Waals surface area contributed by atoms with Crippen LogP contribution in [0.4, 0.5) is 14.5 Å². The molecule has 2 aromatic carbocycles. The van der Waals surface area contributed by atoms with Crippen LogP contribution in [0.3, 0.4) is 0 Å². The molecular formula is C14H13F2NO2S. The summed E-state index contributed by atoms with van der Waals surface area (Å²) >= 11 is 0. The molecule has 0 bridgehead atoms. The minimum absolute atomic E-state index is 0.0284. The molecule has 6 heteroatoms. The molecule has 0 unspecified atom stereocenters. The van der Waals surface area contributed by atoms with E-state index in [1.165, 1.54) is 42.5 Å². The van der Waals surface area contributed by atoms with Crippen molar-refractivity contribution in [2.45, 2.75) is 6.54 Å². The number of hydrogen-bond donors (Lipinski definition) is 0. The number of anilines is 1. The summed E-state index contributed by atoms with van der Waals surface area (Å²) in [6.07, 6.45) is 1.00. The lowest BCUT2D eigenvalue weighted by molar-refractivity contribution is 0.589. The van der Waals surface area contributed by atoms with E-state index in [-0.39, 0.29) is 12.2 Å². The first-order valence-electron chi connectivity index (χ1n) is 5.84. The third-order valence-corrected chi connectivity index (χ3v) is 3.89. The number of sulfonamides is 1. The second-order valence-electron chi connectivity index (χ2n) is 4.35. The summed E-state index contributed by atoms with van der Waals surface area (Å²) in [6, 6.07) is 11.0. The van der Waals surface area contributed by atoms with Gasteiger partial charge in [0.15, 0.2) is 0 Å². The minimum Gasteiger partial charge on any atom is -0.263 e. The Balaban J connectivity index is 2.40. The van der Waals surface area contributed by atoms with Crippen LogP contribution in [0.2, 0.25) is 0 Å². The summed E-state index contributed by atoms with van der Waals surface area (Å²) in [4.78, 5) is 0. The SMILES string of the molecule is CS(=O)(=O)N(Cc1ccc(F)cc1)c1ccccc1F. The quantitative estimate of drug-likeness (QED) is 0.870. The van der Waals surface area contributed by atoms with E-state index < -0.39 is 21.7 Å². The lowest BCUT2D eigenvalue weighted by atomic mass is 10.2. The van der Waals surface area contributed by atoms with Crippen molar-refractivity contribution in [1.82, 2.24) is 0 Å². The first-order chi connectivity index (χ1) is 9.38. The Hall–Kier alpha value is -1.95. The molecule has 2 aromatic rings. The van der Waals surface area contributed by atoms with Crippen molar-refractivity contribution < 1.29 is 17.2 Å². The molecule has 0 saturated heterocycles. The van der Waals surface area contributed by atoms with E-state index in [1.807, 2.05) is 0 Å². The highest BCUT2D eigenvalue weighted by atomic mass is 32.2. The highest BCUT2D eigenvalue weighted by molar-refractivity contribution is 7.92. The number of halogens is 2. The van der Waals surface area contributed by atoms with E-state index in [9.17, 15) is 17.2 Å². The molecule has 0 saturated carbocycles. The average molecular weight is 297 g/mol. The van der Waals surface area contributed by atoms with Gasteiger partial charge in [-0.3, -0.25) is 4.31 Å². The molecule has 2 rings (SSSR count). The number of rotatable bonds is 4. The summed E-state index contributed by atoms with van der Waals surface area (Å²) in [7, 11) is -3.65. The monoisotopic (exact) mass is 297 g/mol. The predicted octanol–water partition coefficient (Wildman–Crippen LogP) is 2.93. The van der Waals surface area contributed by atoms with Crippen LogP contribution >= 0.6 is 0 Å². The van der Waals surface area contributed by atoms with Crippen LogP contribution in [0.1, 0.15) is 5.56 Å². The molecule has 0 radical (unpaired) electrons. The fourth-order valence-corrected chi connectivity index (χ4v) is 2.68. The van der Waals surface area contributed by atoms with Crippen LogP contribution in [-0.4, -0.2) is 14.7 Å². The van der Waals surface area contributed by atoms with E-state index in [0.29, 0.717) is 5.56 Å². The smallest absolute Gasteiger partial charge is 0.232 e. The highest BCUT2D eigenvalue weighted by Gasteiger charge is 2.20. The fraction of sp³-hybridized carbons (Fsp3) is 0.143. The lowest BCUT2D eigenvalue weighted by Gasteiger charge is -2.22. The Kier molecular flexibility index (Phi) is 4.04. The van der Waals surface area contributed by atoms with Gasteiger partial charge in [-0.25, -0.2) is 17.2 Å². The van der Waals surface area contributed by atoms with Gasteiger partial charge >= 0.3 is 0 Å². The second kappa shape index (κ2) is 5.58. The molecule has 20 heavy (non-hydrogen) atoms. The maximum absolute atomic E-state index is 13.8. The van der Waals surface area contributed by atoms with E-state index in [0.717, 1.165) is 10.6 Å². The molecule has 0 fully saturated rings. The molecule has 0 aliphatic heterocycles. The van der Waals surface area contributed by atoms with Gasteiger partial charge in [0.2, 0.25) is 10.0 Å².